The smallest absolute Gasteiger partial charge is 0.424 e. The summed E-state index contributed by atoms with van der Waals surface area (Å²) in [5.41, 5.74) is 0.125. The van der Waals surface area contributed by atoms with Gasteiger partial charge >= 0.3 is 5.76 Å². The third-order valence-corrected chi connectivity index (χ3v) is 3.98. The van der Waals surface area contributed by atoms with Gasteiger partial charge in [0, 0.05) is 18.6 Å². The lowest BCUT2D eigenvalue weighted by molar-refractivity contribution is -0.00845. The molecule has 0 amide bonds. The van der Waals surface area contributed by atoms with Crippen LogP contribution in [0, 0.1) is 12.7 Å². The zero-order valence-electron chi connectivity index (χ0n) is 15.5. The molecule has 0 saturated heterocycles. The first kappa shape index (κ1) is 20.5. The molecular weight excluding hydrogens is 365 g/mol. The summed E-state index contributed by atoms with van der Waals surface area (Å²) in [6, 6.07) is 2.45. The molecule has 1 aromatic carbocycles. The molecule has 6 nitrogen and oxygen atoms in total. The highest BCUT2D eigenvalue weighted by Crippen LogP contribution is 2.32. The normalized spacial score (nSPS) is 11.8. The molecule has 0 aliphatic rings. The lowest BCUT2D eigenvalue weighted by atomic mass is 9.92. The quantitative estimate of drug-likeness (QED) is 0.533. The molecule has 8 heteroatoms. The van der Waals surface area contributed by atoms with Gasteiger partial charge in [-0.3, -0.25) is 0 Å². The molecule has 0 N–H and O–H groups in total. The van der Waals surface area contributed by atoms with Gasteiger partial charge in [-0.2, -0.15) is 0 Å². The maximum atomic E-state index is 14.5. The minimum atomic E-state index is -0.670. The van der Waals surface area contributed by atoms with Crippen LogP contribution in [-0.2, 0) is 14.9 Å². The average Bonchev–Trinajstić information content (AvgIpc) is 2.84. The number of methoxy groups -OCH3 is 1. The molecule has 26 heavy (non-hydrogen) atoms. The Balaban J connectivity index is 2.37. The molecule has 1 heterocycles. The summed E-state index contributed by atoms with van der Waals surface area (Å²) >= 11 is 6.03. The molecule has 0 spiro atoms. The van der Waals surface area contributed by atoms with Crippen molar-refractivity contribution in [1.29, 1.82) is 0 Å². The molecule has 0 unspecified atom stereocenters. The molecule has 2 aromatic rings. The highest BCUT2D eigenvalue weighted by atomic mass is 35.5. The minimum absolute atomic E-state index is 0.00282. The molecule has 0 atom stereocenters. The van der Waals surface area contributed by atoms with E-state index in [9.17, 15) is 9.18 Å². The number of hydrogen-bond donors (Lipinski definition) is 0. The van der Waals surface area contributed by atoms with Crippen LogP contribution in [0.5, 0.6) is 5.75 Å². The van der Waals surface area contributed by atoms with Crippen molar-refractivity contribution in [1.82, 2.24) is 4.57 Å². The van der Waals surface area contributed by atoms with E-state index in [1.54, 1.807) is 14.0 Å². The molecule has 144 valence electrons. The van der Waals surface area contributed by atoms with Crippen LogP contribution in [0.4, 0.5) is 4.39 Å². The molecule has 1 aromatic heterocycles. The Kier molecular flexibility index (Phi) is 6.49. The van der Waals surface area contributed by atoms with Crippen LogP contribution in [0.25, 0.3) is 5.69 Å². The monoisotopic (exact) mass is 387 g/mol. The molecule has 0 aliphatic heterocycles. The molecule has 0 aliphatic carbocycles. The molecule has 2 rings (SSSR count). The van der Waals surface area contributed by atoms with Gasteiger partial charge in [-0.15, -0.1) is 0 Å². The number of halogens is 2. The van der Waals surface area contributed by atoms with E-state index in [0.717, 1.165) is 6.07 Å². The molecule has 0 saturated carbocycles. The average molecular weight is 388 g/mol. The van der Waals surface area contributed by atoms with Gasteiger partial charge in [0.25, 0.3) is 0 Å². The van der Waals surface area contributed by atoms with Crippen molar-refractivity contribution in [3.05, 3.63) is 45.0 Å². The summed E-state index contributed by atoms with van der Waals surface area (Å²) in [6.07, 6.45) is 0. The van der Waals surface area contributed by atoms with Crippen molar-refractivity contribution < 1.29 is 23.0 Å². The van der Waals surface area contributed by atoms with Crippen molar-refractivity contribution in [2.24, 2.45) is 0 Å². The van der Waals surface area contributed by atoms with Gasteiger partial charge in [0.05, 0.1) is 29.6 Å². The summed E-state index contributed by atoms with van der Waals surface area (Å²) in [5.74, 6) is -0.641. The van der Waals surface area contributed by atoms with Gasteiger partial charge < -0.3 is 18.6 Å². The van der Waals surface area contributed by atoms with Gasteiger partial charge in [-0.05, 0) is 13.0 Å². The Morgan fingerprint density at radius 2 is 1.96 bits per heavy atom. The van der Waals surface area contributed by atoms with Crippen LogP contribution in [0.2, 0.25) is 5.02 Å². The van der Waals surface area contributed by atoms with Crippen molar-refractivity contribution in [3.8, 4) is 11.4 Å². The molecular formula is C18H23ClFNO5. The fraction of sp³-hybridized carbons (Fsp3) is 0.500. The van der Waals surface area contributed by atoms with Crippen LogP contribution in [0.1, 0.15) is 32.2 Å². The Hall–Kier alpha value is -1.83. The summed E-state index contributed by atoms with van der Waals surface area (Å²) in [4.78, 5) is 12.3. The van der Waals surface area contributed by atoms with Crippen molar-refractivity contribution in [2.75, 3.05) is 27.1 Å². The topological polar surface area (TPSA) is 62.8 Å². The zero-order valence-corrected chi connectivity index (χ0v) is 16.3. The molecule has 0 radical (unpaired) electrons. The van der Waals surface area contributed by atoms with E-state index in [1.165, 1.54) is 10.6 Å². The van der Waals surface area contributed by atoms with Gasteiger partial charge in [-0.1, -0.05) is 32.4 Å². The predicted octanol–water partition coefficient (Wildman–Crippen LogP) is 3.83. The van der Waals surface area contributed by atoms with Gasteiger partial charge in [-0.25, -0.2) is 13.8 Å². The van der Waals surface area contributed by atoms with Gasteiger partial charge in [0.2, 0.25) is 0 Å². The van der Waals surface area contributed by atoms with Crippen LogP contribution >= 0.6 is 11.6 Å². The number of benzene rings is 1. The SMILES string of the molecule is COCCOCOc1cc(-n2c(C)c(C(C)(C)C)oc2=O)c(F)cc1Cl. The summed E-state index contributed by atoms with van der Waals surface area (Å²) in [5, 5.41) is 0.0758. The maximum Gasteiger partial charge on any atom is 0.424 e. The number of hydrogen-bond acceptors (Lipinski definition) is 5. The largest absolute Gasteiger partial charge is 0.466 e. The van der Waals surface area contributed by atoms with Gasteiger partial charge in [0.15, 0.2) is 6.79 Å². The zero-order chi connectivity index (χ0) is 19.5. The third kappa shape index (κ3) is 4.47. The fourth-order valence-corrected chi connectivity index (χ4v) is 2.73. The Labute approximate surface area is 156 Å². The maximum absolute atomic E-state index is 14.5. The fourth-order valence-electron chi connectivity index (χ4n) is 2.53. The minimum Gasteiger partial charge on any atom is -0.466 e. The van der Waals surface area contributed by atoms with E-state index in [4.69, 9.17) is 30.2 Å². The van der Waals surface area contributed by atoms with E-state index in [2.05, 4.69) is 0 Å². The Morgan fingerprint density at radius 1 is 1.27 bits per heavy atom. The van der Waals surface area contributed by atoms with Crippen LogP contribution in [0.3, 0.4) is 0 Å². The first-order valence-corrected chi connectivity index (χ1v) is 8.46. The van der Waals surface area contributed by atoms with E-state index < -0.39 is 17.0 Å². The standard InChI is InChI=1S/C18H23ClFNO5/c1-11-16(18(2,3)4)26-17(22)21(11)14-9-15(12(19)8-13(14)20)25-10-24-7-6-23-5/h8-9H,6-7,10H2,1-5H3. The highest BCUT2D eigenvalue weighted by Gasteiger charge is 2.26. The molecule has 0 bridgehead atoms. The predicted molar refractivity (Wildman–Crippen MR) is 96.0 cm³/mol. The van der Waals surface area contributed by atoms with Crippen molar-refractivity contribution >= 4 is 11.6 Å². The second kappa shape index (κ2) is 8.24. The number of rotatable bonds is 7. The summed E-state index contributed by atoms with van der Waals surface area (Å²) in [7, 11) is 1.56. The second-order valence-corrected chi connectivity index (χ2v) is 7.17. The lowest BCUT2D eigenvalue weighted by Gasteiger charge is -2.16. The van der Waals surface area contributed by atoms with Crippen molar-refractivity contribution in [2.45, 2.75) is 33.1 Å². The van der Waals surface area contributed by atoms with E-state index in [-0.39, 0.29) is 23.3 Å². The van der Waals surface area contributed by atoms with Crippen LogP contribution < -0.4 is 10.5 Å². The van der Waals surface area contributed by atoms with E-state index >= 15 is 0 Å². The number of nitrogens with zero attached hydrogens (tertiary/aromatic N) is 1. The number of oxazole rings is 1. The Bertz CT molecular complexity index is 822. The van der Waals surface area contributed by atoms with E-state index in [0.29, 0.717) is 24.7 Å². The first-order chi connectivity index (χ1) is 12.2. The summed E-state index contributed by atoms with van der Waals surface area (Å²) in [6.45, 7) is 8.11. The molecule has 0 fully saturated rings. The number of aromatic nitrogens is 1. The Morgan fingerprint density at radius 3 is 2.54 bits per heavy atom. The van der Waals surface area contributed by atoms with Crippen LogP contribution in [0.15, 0.2) is 21.3 Å². The van der Waals surface area contributed by atoms with Crippen LogP contribution in [-0.4, -0.2) is 31.7 Å². The number of ether oxygens (including phenoxy) is 3. The van der Waals surface area contributed by atoms with Crippen molar-refractivity contribution in [3.63, 3.8) is 0 Å². The van der Waals surface area contributed by atoms with E-state index in [1.807, 2.05) is 20.8 Å². The third-order valence-electron chi connectivity index (χ3n) is 3.69. The highest BCUT2D eigenvalue weighted by molar-refractivity contribution is 6.32. The first-order valence-electron chi connectivity index (χ1n) is 8.08. The lowest BCUT2D eigenvalue weighted by Crippen LogP contribution is -2.16. The summed E-state index contributed by atoms with van der Waals surface area (Å²) < 4.78 is 36.5. The van der Waals surface area contributed by atoms with Gasteiger partial charge in [0.1, 0.15) is 17.3 Å². The second-order valence-electron chi connectivity index (χ2n) is 6.77.